The van der Waals surface area contributed by atoms with Crippen molar-refractivity contribution in [1.82, 2.24) is 15.2 Å². The van der Waals surface area contributed by atoms with E-state index >= 15 is 0 Å². The topological polar surface area (TPSA) is 89.2 Å². The molecule has 1 fully saturated rings. The van der Waals surface area contributed by atoms with Crippen molar-refractivity contribution >= 4 is 11.8 Å². The van der Waals surface area contributed by atoms with Gasteiger partial charge in [0.25, 0.3) is 5.91 Å². The van der Waals surface area contributed by atoms with Crippen molar-refractivity contribution in [3.8, 4) is 0 Å². The number of rotatable bonds is 4. The summed E-state index contributed by atoms with van der Waals surface area (Å²) < 4.78 is 1.98. The van der Waals surface area contributed by atoms with E-state index in [1.165, 1.54) is 0 Å². The van der Waals surface area contributed by atoms with Gasteiger partial charge in [0.2, 0.25) is 5.91 Å². The highest BCUT2D eigenvalue weighted by Crippen LogP contribution is 2.21. The molecule has 1 aromatic heterocycles. The van der Waals surface area contributed by atoms with Crippen LogP contribution >= 0.6 is 0 Å². The highest BCUT2D eigenvalue weighted by atomic mass is 16.2. The highest BCUT2D eigenvalue weighted by molar-refractivity contribution is 5.95. The fraction of sp³-hybridized carbons (Fsp3) is 0.500. The van der Waals surface area contributed by atoms with Crippen LogP contribution in [0.4, 0.5) is 0 Å². The Balaban J connectivity index is 2.06. The second kappa shape index (κ2) is 5.68. The van der Waals surface area contributed by atoms with Gasteiger partial charge in [-0.15, -0.1) is 0 Å². The Hall–Kier alpha value is -1.82. The molecule has 2 rings (SSSR count). The number of amides is 2. The summed E-state index contributed by atoms with van der Waals surface area (Å²) in [5.41, 5.74) is 5.59. The number of aromatic nitrogens is 1. The first kappa shape index (κ1) is 12.6. The summed E-state index contributed by atoms with van der Waals surface area (Å²) in [5, 5.41) is 5.80. The molecule has 1 saturated heterocycles. The van der Waals surface area contributed by atoms with Crippen molar-refractivity contribution in [2.75, 3.05) is 19.6 Å². The molecule has 0 unspecified atom stereocenters. The maximum absolute atomic E-state index is 11.9. The van der Waals surface area contributed by atoms with Gasteiger partial charge >= 0.3 is 0 Å². The lowest BCUT2D eigenvalue weighted by atomic mass is 10.1. The summed E-state index contributed by atoms with van der Waals surface area (Å²) in [6.45, 7) is 1.80. The van der Waals surface area contributed by atoms with Crippen molar-refractivity contribution in [1.29, 1.82) is 0 Å². The SMILES string of the molecule is NC(=O)CNC(=O)c1cccn1C1CCNCC1. The lowest BCUT2D eigenvalue weighted by Crippen LogP contribution is -2.36. The van der Waals surface area contributed by atoms with Crippen molar-refractivity contribution in [3.63, 3.8) is 0 Å². The number of nitrogens with zero attached hydrogens (tertiary/aromatic N) is 1. The van der Waals surface area contributed by atoms with Crippen LogP contribution in [0.5, 0.6) is 0 Å². The minimum absolute atomic E-state index is 0.129. The third kappa shape index (κ3) is 2.89. The number of carbonyl (C=O) groups excluding carboxylic acids is 2. The van der Waals surface area contributed by atoms with E-state index in [4.69, 9.17) is 5.73 Å². The Kier molecular flexibility index (Phi) is 3.99. The van der Waals surface area contributed by atoms with Crippen LogP contribution in [-0.4, -0.2) is 36.0 Å². The summed E-state index contributed by atoms with van der Waals surface area (Å²) in [6.07, 6.45) is 3.92. The summed E-state index contributed by atoms with van der Waals surface area (Å²) in [6, 6.07) is 3.95. The molecule has 4 N–H and O–H groups in total. The molecular weight excluding hydrogens is 232 g/mol. The number of nitrogens with two attached hydrogens (primary N) is 1. The van der Waals surface area contributed by atoms with E-state index in [0.717, 1.165) is 25.9 Å². The third-order valence-electron chi connectivity index (χ3n) is 3.14. The maximum Gasteiger partial charge on any atom is 0.268 e. The molecule has 2 heterocycles. The van der Waals surface area contributed by atoms with Crippen molar-refractivity contribution < 1.29 is 9.59 Å². The normalized spacial score (nSPS) is 16.4. The number of carbonyl (C=O) groups is 2. The first-order chi connectivity index (χ1) is 8.68. The van der Waals surface area contributed by atoms with Gasteiger partial charge in [0.1, 0.15) is 5.69 Å². The van der Waals surface area contributed by atoms with Gasteiger partial charge in [0.15, 0.2) is 0 Å². The van der Waals surface area contributed by atoms with Crippen LogP contribution in [0.1, 0.15) is 29.4 Å². The Bertz CT molecular complexity index is 435. The van der Waals surface area contributed by atoms with E-state index in [1.807, 2.05) is 16.8 Å². The molecule has 0 bridgehead atoms. The number of nitrogens with one attached hydrogen (secondary N) is 2. The van der Waals surface area contributed by atoms with Gasteiger partial charge in [0.05, 0.1) is 6.54 Å². The van der Waals surface area contributed by atoms with E-state index in [0.29, 0.717) is 11.7 Å². The van der Waals surface area contributed by atoms with Gasteiger partial charge < -0.3 is 20.9 Å². The third-order valence-corrected chi connectivity index (χ3v) is 3.14. The largest absolute Gasteiger partial charge is 0.368 e. The van der Waals surface area contributed by atoms with Gasteiger partial charge in [-0.2, -0.15) is 0 Å². The number of piperidine rings is 1. The Morgan fingerprint density at radius 1 is 1.44 bits per heavy atom. The molecule has 18 heavy (non-hydrogen) atoms. The van der Waals surface area contributed by atoms with E-state index < -0.39 is 5.91 Å². The van der Waals surface area contributed by atoms with Crippen LogP contribution in [0, 0.1) is 0 Å². The zero-order chi connectivity index (χ0) is 13.0. The van der Waals surface area contributed by atoms with Gasteiger partial charge in [-0.25, -0.2) is 0 Å². The zero-order valence-electron chi connectivity index (χ0n) is 10.2. The molecule has 2 amide bonds. The first-order valence-electron chi connectivity index (χ1n) is 6.12. The average molecular weight is 250 g/mol. The van der Waals surface area contributed by atoms with E-state index in [2.05, 4.69) is 10.6 Å². The van der Waals surface area contributed by atoms with Crippen LogP contribution in [0.15, 0.2) is 18.3 Å². The second-order valence-corrected chi connectivity index (χ2v) is 4.43. The Labute approximate surface area is 106 Å². The zero-order valence-corrected chi connectivity index (χ0v) is 10.2. The minimum atomic E-state index is -0.539. The van der Waals surface area contributed by atoms with E-state index in [1.54, 1.807) is 6.07 Å². The van der Waals surface area contributed by atoms with Crippen molar-refractivity contribution in [2.24, 2.45) is 5.73 Å². The molecule has 98 valence electrons. The Morgan fingerprint density at radius 3 is 2.83 bits per heavy atom. The maximum atomic E-state index is 11.9. The fourth-order valence-electron chi connectivity index (χ4n) is 2.25. The standard InChI is InChI=1S/C12H18N4O2/c13-11(17)8-15-12(18)10-2-1-7-16(10)9-3-5-14-6-4-9/h1-2,7,9,14H,3-6,8H2,(H2,13,17)(H,15,18). The van der Waals surface area contributed by atoms with Crippen LogP contribution < -0.4 is 16.4 Å². The monoisotopic (exact) mass is 250 g/mol. The van der Waals surface area contributed by atoms with E-state index in [-0.39, 0.29) is 12.5 Å². The van der Waals surface area contributed by atoms with E-state index in [9.17, 15) is 9.59 Å². The predicted molar refractivity (Wildman–Crippen MR) is 67.1 cm³/mol. The molecule has 1 aromatic rings. The van der Waals surface area contributed by atoms with Gasteiger partial charge in [-0.3, -0.25) is 9.59 Å². The van der Waals surface area contributed by atoms with Crippen LogP contribution in [0.25, 0.3) is 0 Å². The number of hydrogen-bond acceptors (Lipinski definition) is 3. The average Bonchev–Trinajstić information content (AvgIpc) is 2.86. The molecule has 0 aliphatic carbocycles. The second-order valence-electron chi connectivity index (χ2n) is 4.43. The van der Waals surface area contributed by atoms with Crippen LogP contribution in [0.2, 0.25) is 0 Å². The molecule has 0 spiro atoms. The molecule has 6 nitrogen and oxygen atoms in total. The van der Waals surface area contributed by atoms with Crippen molar-refractivity contribution in [2.45, 2.75) is 18.9 Å². The molecule has 1 aliphatic heterocycles. The van der Waals surface area contributed by atoms with Crippen molar-refractivity contribution in [3.05, 3.63) is 24.0 Å². The molecule has 0 radical (unpaired) electrons. The fourth-order valence-corrected chi connectivity index (χ4v) is 2.25. The Morgan fingerprint density at radius 2 is 2.17 bits per heavy atom. The van der Waals surface area contributed by atoms with Crippen LogP contribution in [0.3, 0.4) is 0 Å². The predicted octanol–water partition coefficient (Wildman–Crippen LogP) is -0.372. The van der Waals surface area contributed by atoms with Gasteiger partial charge in [-0.1, -0.05) is 0 Å². The highest BCUT2D eigenvalue weighted by Gasteiger charge is 2.19. The van der Waals surface area contributed by atoms with Gasteiger partial charge in [-0.05, 0) is 38.1 Å². The summed E-state index contributed by atoms with van der Waals surface area (Å²) in [4.78, 5) is 22.6. The molecule has 0 aromatic carbocycles. The summed E-state index contributed by atoms with van der Waals surface area (Å²) >= 11 is 0. The molecule has 1 aliphatic rings. The molecule has 0 atom stereocenters. The molecule has 6 heteroatoms. The number of primary amides is 1. The molecule has 0 saturated carbocycles. The smallest absolute Gasteiger partial charge is 0.268 e. The minimum Gasteiger partial charge on any atom is -0.368 e. The number of hydrogen-bond donors (Lipinski definition) is 3. The lowest BCUT2D eigenvalue weighted by Gasteiger charge is -2.25. The lowest BCUT2D eigenvalue weighted by molar-refractivity contribution is -0.117. The summed E-state index contributed by atoms with van der Waals surface area (Å²) in [5.74, 6) is -0.791. The summed E-state index contributed by atoms with van der Waals surface area (Å²) in [7, 11) is 0. The quantitative estimate of drug-likeness (QED) is 0.681. The van der Waals surface area contributed by atoms with Gasteiger partial charge in [0, 0.05) is 12.2 Å². The van der Waals surface area contributed by atoms with Crippen LogP contribution in [-0.2, 0) is 4.79 Å². The first-order valence-corrected chi connectivity index (χ1v) is 6.12. The molecular formula is C12H18N4O2.